The first-order valence-corrected chi connectivity index (χ1v) is 15.0. The summed E-state index contributed by atoms with van der Waals surface area (Å²) in [4.78, 5) is 27.2. The van der Waals surface area contributed by atoms with Crippen molar-refractivity contribution in [2.24, 2.45) is 35.5 Å². The van der Waals surface area contributed by atoms with Gasteiger partial charge in [0.1, 0.15) is 17.5 Å². The Labute approximate surface area is 236 Å². The highest BCUT2D eigenvalue weighted by molar-refractivity contribution is 5.83. The van der Waals surface area contributed by atoms with E-state index in [4.69, 9.17) is 18.9 Å². The number of Topliss-reactive ketones (excluding diaryl/α,β-unsaturated/α-hetero) is 1. The smallest absolute Gasteiger partial charge is 0.311 e. The molecule has 2 saturated heterocycles. The molecule has 2 aliphatic rings. The number of carbonyl (C=O) groups is 2. The van der Waals surface area contributed by atoms with Gasteiger partial charge in [-0.15, -0.1) is 0 Å². The van der Waals surface area contributed by atoms with Crippen LogP contribution in [0.5, 0.6) is 0 Å². The van der Waals surface area contributed by atoms with Crippen LogP contribution in [-0.2, 0) is 28.5 Å². The van der Waals surface area contributed by atoms with Gasteiger partial charge >= 0.3 is 5.97 Å². The molecular formula is C31H56O8. The summed E-state index contributed by atoms with van der Waals surface area (Å²) >= 11 is 0. The predicted molar refractivity (Wildman–Crippen MR) is 150 cm³/mol. The zero-order valence-corrected chi connectivity index (χ0v) is 26.2. The number of rotatable bonds is 5. The minimum absolute atomic E-state index is 0.0512. The molecule has 0 aromatic heterocycles. The second-order valence-electron chi connectivity index (χ2n) is 13.0. The number of ketones is 1. The summed E-state index contributed by atoms with van der Waals surface area (Å²) in [5.41, 5.74) is -2.52. The fourth-order valence-electron chi connectivity index (χ4n) is 7.30. The lowest BCUT2D eigenvalue weighted by Crippen LogP contribution is -2.57. The van der Waals surface area contributed by atoms with Gasteiger partial charge < -0.3 is 29.2 Å². The van der Waals surface area contributed by atoms with Crippen LogP contribution >= 0.6 is 0 Å². The van der Waals surface area contributed by atoms with Gasteiger partial charge in [-0.3, -0.25) is 9.59 Å². The maximum atomic E-state index is 13.7. The van der Waals surface area contributed by atoms with E-state index in [0.717, 1.165) is 19.3 Å². The quantitative estimate of drug-likeness (QED) is 0.459. The van der Waals surface area contributed by atoms with Crippen LogP contribution in [0.3, 0.4) is 0 Å². The van der Waals surface area contributed by atoms with Crippen molar-refractivity contribution in [3.05, 3.63) is 0 Å². The Morgan fingerprint density at radius 2 is 1.59 bits per heavy atom. The van der Waals surface area contributed by atoms with E-state index in [2.05, 4.69) is 20.8 Å². The number of aliphatic hydroxyl groups excluding tert-OH is 1. The molecule has 2 aliphatic heterocycles. The molecule has 0 aromatic carbocycles. The van der Waals surface area contributed by atoms with E-state index < -0.39 is 59.5 Å². The second kappa shape index (κ2) is 13.7. The van der Waals surface area contributed by atoms with Crippen molar-refractivity contribution < 1.29 is 38.7 Å². The molecule has 0 radical (unpaired) electrons. The molecule has 8 heteroatoms. The Hall–Kier alpha value is -1.06. The van der Waals surface area contributed by atoms with Gasteiger partial charge in [0.2, 0.25) is 0 Å². The summed E-state index contributed by atoms with van der Waals surface area (Å²) in [6.07, 6.45) is -0.224. The van der Waals surface area contributed by atoms with E-state index in [9.17, 15) is 19.8 Å². The molecule has 228 valence electrons. The Morgan fingerprint density at radius 3 is 2.10 bits per heavy atom. The minimum atomic E-state index is -1.82. The van der Waals surface area contributed by atoms with Gasteiger partial charge in [0, 0.05) is 25.4 Å². The largest absolute Gasteiger partial charge is 0.459 e. The average Bonchev–Trinajstić information content (AvgIpc) is 2.87. The third-order valence-electron chi connectivity index (χ3n) is 9.73. The van der Waals surface area contributed by atoms with Gasteiger partial charge in [0.15, 0.2) is 6.29 Å². The van der Waals surface area contributed by atoms with Crippen molar-refractivity contribution in [2.75, 3.05) is 7.11 Å². The standard InChI is InChI=1S/C31H56O8/c1-12-23-20(6)27(39-25-15-17(3)14-19(5)37-25)22(8)29(34)38-24(13-2)31(10,35)28(33)21(7)26(32)18(4)16-30(23,9)36-11/h17-25,27-28,33,35H,12-16H2,1-11H3/t17-,18-,19+,20-,21+,22-,23-,24-,25+,27+,28-,30-,31-/m1/s1. The fourth-order valence-corrected chi connectivity index (χ4v) is 7.30. The van der Waals surface area contributed by atoms with E-state index in [1.807, 2.05) is 20.8 Å². The van der Waals surface area contributed by atoms with Gasteiger partial charge in [-0.1, -0.05) is 48.0 Å². The zero-order valence-electron chi connectivity index (χ0n) is 26.2. The predicted octanol–water partition coefficient (Wildman–Crippen LogP) is 4.91. The number of cyclic esters (lactones) is 1. The summed E-state index contributed by atoms with van der Waals surface area (Å²) in [6.45, 7) is 18.9. The highest BCUT2D eigenvalue weighted by Crippen LogP contribution is 2.42. The van der Waals surface area contributed by atoms with Crippen LogP contribution in [0.4, 0.5) is 0 Å². The molecule has 2 heterocycles. The van der Waals surface area contributed by atoms with E-state index in [1.54, 1.807) is 27.9 Å². The first-order chi connectivity index (χ1) is 18.0. The van der Waals surface area contributed by atoms with Crippen LogP contribution in [0, 0.1) is 35.5 Å². The third kappa shape index (κ3) is 7.62. The molecule has 0 unspecified atom stereocenters. The lowest BCUT2D eigenvalue weighted by atomic mass is 9.69. The SMILES string of the molecule is CC[C@@H]1[C@@H](C)[C@H](O[C@H]2C[C@H](C)C[C@H](C)O2)[C@@H](C)C(=O)O[C@H](CC)[C@@](C)(O)[C@H](O)[C@@H](C)C(=O)[C@H](C)C[C@@]1(C)OC. The molecule has 0 aliphatic carbocycles. The normalized spacial score (nSPS) is 47.4. The molecule has 39 heavy (non-hydrogen) atoms. The second-order valence-corrected chi connectivity index (χ2v) is 13.0. The lowest BCUT2D eigenvalue weighted by Gasteiger charge is -2.46. The molecule has 8 nitrogen and oxygen atoms in total. The minimum Gasteiger partial charge on any atom is -0.459 e. The van der Waals surface area contributed by atoms with E-state index in [0.29, 0.717) is 12.3 Å². The first kappa shape index (κ1) is 34.1. The number of methoxy groups -OCH3 is 1. The monoisotopic (exact) mass is 556 g/mol. The Balaban J connectivity index is 2.60. The molecule has 2 fully saturated rings. The lowest BCUT2D eigenvalue weighted by molar-refractivity contribution is -0.247. The van der Waals surface area contributed by atoms with E-state index >= 15 is 0 Å². The first-order valence-electron chi connectivity index (χ1n) is 15.0. The van der Waals surface area contributed by atoms with Crippen molar-refractivity contribution >= 4 is 11.8 Å². The van der Waals surface area contributed by atoms with E-state index in [1.165, 1.54) is 6.92 Å². The Bertz CT molecular complexity index is 804. The van der Waals surface area contributed by atoms with Crippen LogP contribution < -0.4 is 0 Å². The fraction of sp³-hybridized carbons (Fsp3) is 0.935. The number of ether oxygens (including phenoxy) is 4. The molecule has 0 spiro atoms. The number of hydrogen-bond donors (Lipinski definition) is 2. The van der Waals surface area contributed by atoms with Crippen molar-refractivity contribution in [2.45, 2.75) is 143 Å². The average molecular weight is 557 g/mol. The molecule has 2 rings (SSSR count). The number of aliphatic hydroxyl groups is 2. The number of esters is 1. The molecular weight excluding hydrogens is 500 g/mol. The summed E-state index contributed by atoms with van der Waals surface area (Å²) in [7, 11) is 1.66. The maximum absolute atomic E-state index is 13.7. The van der Waals surface area contributed by atoms with Crippen LogP contribution in [0.1, 0.15) is 101 Å². The number of hydrogen-bond acceptors (Lipinski definition) is 8. The molecule has 0 bridgehead atoms. The topological polar surface area (TPSA) is 112 Å². The maximum Gasteiger partial charge on any atom is 0.311 e. The van der Waals surface area contributed by atoms with Crippen LogP contribution in [-0.4, -0.2) is 71.0 Å². The van der Waals surface area contributed by atoms with E-state index in [-0.39, 0.29) is 30.1 Å². The van der Waals surface area contributed by atoms with Crippen LogP contribution in [0.25, 0.3) is 0 Å². The molecule has 0 aromatic rings. The summed E-state index contributed by atoms with van der Waals surface area (Å²) < 4.78 is 24.8. The highest BCUT2D eigenvalue weighted by Gasteiger charge is 2.50. The zero-order chi connectivity index (χ0) is 29.9. The Kier molecular flexibility index (Phi) is 12.0. The molecule has 2 N–H and O–H groups in total. The van der Waals surface area contributed by atoms with Gasteiger partial charge in [-0.25, -0.2) is 0 Å². The third-order valence-corrected chi connectivity index (χ3v) is 9.73. The Morgan fingerprint density at radius 1 is 0.974 bits per heavy atom. The van der Waals surface area contributed by atoms with Crippen LogP contribution in [0.2, 0.25) is 0 Å². The summed E-state index contributed by atoms with van der Waals surface area (Å²) in [5.74, 6) is -2.40. The van der Waals surface area contributed by atoms with Crippen molar-refractivity contribution in [3.63, 3.8) is 0 Å². The van der Waals surface area contributed by atoms with Crippen molar-refractivity contribution in [1.29, 1.82) is 0 Å². The van der Waals surface area contributed by atoms with Crippen molar-refractivity contribution in [1.82, 2.24) is 0 Å². The van der Waals surface area contributed by atoms with Gasteiger partial charge in [-0.05, 0) is 64.7 Å². The molecule has 0 saturated carbocycles. The van der Waals surface area contributed by atoms with Gasteiger partial charge in [0.25, 0.3) is 0 Å². The highest BCUT2D eigenvalue weighted by atomic mass is 16.7. The number of carbonyl (C=O) groups excluding carboxylic acids is 2. The van der Waals surface area contributed by atoms with Crippen LogP contribution in [0.15, 0.2) is 0 Å². The van der Waals surface area contributed by atoms with Gasteiger partial charge in [0.05, 0.1) is 29.8 Å². The molecule has 0 amide bonds. The van der Waals surface area contributed by atoms with Crippen molar-refractivity contribution in [3.8, 4) is 0 Å². The summed E-state index contributed by atoms with van der Waals surface area (Å²) in [6, 6.07) is 0. The molecule has 13 atom stereocenters. The summed E-state index contributed by atoms with van der Waals surface area (Å²) in [5, 5.41) is 22.6. The van der Waals surface area contributed by atoms with Gasteiger partial charge in [-0.2, -0.15) is 0 Å².